The van der Waals surface area contributed by atoms with Crippen LogP contribution in [-0.2, 0) is 0 Å². The molecule has 146 valence electrons. The molecule has 5 nitrogen and oxygen atoms in total. The highest BCUT2D eigenvalue weighted by Gasteiger charge is 2.33. The lowest BCUT2D eigenvalue weighted by Gasteiger charge is -2.24. The molecule has 1 unspecified atom stereocenters. The first-order valence-corrected chi connectivity index (χ1v) is 9.75. The van der Waals surface area contributed by atoms with Crippen molar-refractivity contribution < 1.29 is 9.90 Å². The van der Waals surface area contributed by atoms with Crippen LogP contribution in [0.2, 0.25) is 10.0 Å². The summed E-state index contributed by atoms with van der Waals surface area (Å²) < 4.78 is 0. The van der Waals surface area contributed by atoms with Gasteiger partial charge in [0.25, 0.3) is 0 Å². The van der Waals surface area contributed by atoms with Gasteiger partial charge in [0.1, 0.15) is 17.9 Å². The van der Waals surface area contributed by atoms with Crippen LogP contribution >= 0.6 is 23.2 Å². The van der Waals surface area contributed by atoms with E-state index in [1.807, 2.05) is 19.1 Å². The fourth-order valence-electron chi connectivity index (χ4n) is 3.42. The third-order valence-electron chi connectivity index (χ3n) is 4.91. The summed E-state index contributed by atoms with van der Waals surface area (Å²) in [5.41, 5.74) is 3.72. The zero-order valence-corrected chi connectivity index (χ0v) is 17.0. The van der Waals surface area contributed by atoms with Crippen LogP contribution in [0.4, 0.5) is 5.82 Å². The highest BCUT2D eigenvalue weighted by Crippen LogP contribution is 2.42. The summed E-state index contributed by atoms with van der Waals surface area (Å²) in [5.74, 6) is 0.760. The summed E-state index contributed by atoms with van der Waals surface area (Å²) in [6.45, 7) is 1.84. The normalized spacial score (nSPS) is 16.0. The van der Waals surface area contributed by atoms with Gasteiger partial charge in [-0.1, -0.05) is 29.3 Å². The molecule has 3 aromatic rings. The van der Waals surface area contributed by atoms with E-state index in [0.29, 0.717) is 27.8 Å². The van der Waals surface area contributed by atoms with Gasteiger partial charge in [0.15, 0.2) is 0 Å². The number of phenols is 1. The molecule has 0 saturated heterocycles. The SMILES string of the molecule is Cc1cc(C2=NN(c3cc(C=O)ccn3)C(c3c(Cl)cccc3Cl)C2)ccc1O. The van der Waals surface area contributed by atoms with Crippen LogP contribution in [0.25, 0.3) is 0 Å². The van der Waals surface area contributed by atoms with Gasteiger partial charge in [0, 0.05) is 33.8 Å². The molecule has 1 aliphatic rings. The van der Waals surface area contributed by atoms with Gasteiger partial charge in [-0.05, 0) is 60.5 Å². The van der Waals surface area contributed by atoms with Gasteiger partial charge in [-0.2, -0.15) is 5.10 Å². The molecular weight excluding hydrogens is 409 g/mol. The van der Waals surface area contributed by atoms with E-state index in [4.69, 9.17) is 28.3 Å². The molecule has 0 aliphatic carbocycles. The zero-order chi connectivity index (χ0) is 20.5. The van der Waals surface area contributed by atoms with Crippen LogP contribution in [0.15, 0.2) is 59.8 Å². The van der Waals surface area contributed by atoms with E-state index in [0.717, 1.165) is 28.7 Å². The molecule has 1 aliphatic heterocycles. The van der Waals surface area contributed by atoms with Crippen LogP contribution in [-0.4, -0.2) is 22.1 Å². The maximum atomic E-state index is 11.2. The quantitative estimate of drug-likeness (QED) is 0.554. The Hall–Kier alpha value is -2.89. The molecule has 2 heterocycles. The molecule has 1 N–H and O–H groups in total. The maximum Gasteiger partial charge on any atom is 0.150 e. The van der Waals surface area contributed by atoms with Crippen LogP contribution in [0.3, 0.4) is 0 Å². The zero-order valence-electron chi connectivity index (χ0n) is 15.5. The van der Waals surface area contributed by atoms with Crippen LogP contribution in [0.5, 0.6) is 5.75 Å². The summed E-state index contributed by atoms with van der Waals surface area (Å²) in [6.07, 6.45) is 2.88. The largest absolute Gasteiger partial charge is 0.508 e. The van der Waals surface area contributed by atoms with E-state index < -0.39 is 0 Å². The number of aromatic nitrogens is 1. The maximum absolute atomic E-state index is 11.2. The second-order valence-electron chi connectivity index (χ2n) is 6.81. The van der Waals surface area contributed by atoms with Gasteiger partial charge in [0.05, 0.1) is 11.8 Å². The van der Waals surface area contributed by atoms with Crippen molar-refractivity contribution >= 4 is 41.0 Å². The van der Waals surface area contributed by atoms with E-state index in [9.17, 15) is 9.90 Å². The van der Waals surface area contributed by atoms with Crippen LogP contribution < -0.4 is 5.01 Å². The number of anilines is 1. The lowest BCUT2D eigenvalue weighted by atomic mass is 9.97. The minimum Gasteiger partial charge on any atom is -0.508 e. The lowest BCUT2D eigenvalue weighted by Crippen LogP contribution is -2.20. The van der Waals surface area contributed by atoms with Crippen molar-refractivity contribution in [3.8, 4) is 5.75 Å². The number of pyridine rings is 1. The second kappa shape index (κ2) is 7.85. The van der Waals surface area contributed by atoms with E-state index in [1.165, 1.54) is 0 Å². The minimum absolute atomic E-state index is 0.232. The van der Waals surface area contributed by atoms with Crippen molar-refractivity contribution in [1.82, 2.24) is 4.98 Å². The summed E-state index contributed by atoms with van der Waals surface area (Å²) in [4.78, 5) is 15.6. The standard InChI is InChI=1S/C22H17Cl2N3O2/c1-13-9-15(5-6-20(13)29)18-11-19(22-16(23)3-2-4-17(22)24)27(26-18)21-10-14(12-28)7-8-25-21/h2-10,12,19,29H,11H2,1H3. The Morgan fingerprint density at radius 3 is 2.59 bits per heavy atom. The summed E-state index contributed by atoms with van der Waals surface area (Å²) in [6, 6.07) is 13.8. The molecule has 29 heavy (non-hydrogen) atoms. The number of phenolic OH excluding ortho intramolecular Hbond substituents is 1. The molecular formula is C22H17Cl2N3O2. The number of carbonyl (C=O) groups excluding carboxylic acids is 1. The van der Waals surface area contributed by atoms with E-state index in [2.05, 4.69) is 4.98 Å². The molecule has 2 aromatic carbocycles. The fraction of sp³-hybridized carbons (Fsp3) is 0.136. The average Bonchev–Trinajstić information content (AvgIpc) is 3.15. The fourth-order valence-corrected chi connectivity index (χ4v) is 4.07. The van der Waals surface area contributed by atoms with Crippen molar-refractivity contribution in [2.45, 2.75) is 19.4 Å². The van der Waals surface area contributed by atoms with E-state index in [-0.39, 0.29) is 11.8 Å². The topological polar surface area (TPSA) is 65.8 Å². The molecule has 0 saturated carbocycles. The van der Waals surface area contributed by atoms with Gasteiger partial charge in [-0.25, -0.2) is 9.99 Å². The third kappa shape index (κ3) is 3.71. The number of hydrogen-bond donors (Lipinski definition) is 1. The molecule has 0 bridgehead atoms. The van der Waals surface area contributed by atoms with Gasteiger partial charge >= 0.3 is 0 Å². The number of aromatic hydroxyl groups is 1. The molecule has 1 aromatic heterocycles. The monoisotopic (exact) mass is 425 g/mol. The molecule has 0 radical (unpaired) electrons. The number of hydrogen-bond acceptors (Lipinski definition) is 5. The van der Waals surface area contributed by atoms with Crippen LogP contribution in [0.1, 0.15) is 39.5 Å². The van der Waals surface area contributed by atoms with Crippen molar-refractivity contribution in [3.05, 3.63) is 87.0 Å². The van der Waals surface area contributed by atoms with E-state index >= 15 is 0 Å². The van der Waals surface area contributed by atoms with Gasteiger partial charge in [-0.15, -0.1) is 0 Å². The predicted octanol–water partition coefficient (Wildman–Crippen LogP) is 5.57. The third-order valence-corrected chi connectivity index (χ3v) is 5.57. The molecule has 4 rings (SSSR count). The lowest BCUT2D eigenvalue weighted by molar-refractivity contribution is 0.112. The summed E-state index contributed by atoms with van der Waals surface area (Å²) in [7, 11) is 0. The first kappa shape index (κ1) is 19.4. The Kier molecular flexibility index (Phi) is 5.26. The number of hydrazone groups is 1. The molecule has 0 fully saturated rings. The Morgan fingerprint density at radius 2 is 1.90 bits per heavy atom. The molecule has 0 amide bonds. The first-order valence-electron chi connectivity index (χ1n) is 9.00. The summed E-state index contributed by atoms with van der Waals surface area (Å²) >= 11 is 13.0. The van der Waals surface area contributed by atoms with Crippen molar-refractivity contribution in [1.29, 1.82) is 0 Å². The first-order chi connectivity index (χ1) is 14.0. The Bertz CT molecular complexity index is 1110. The average molecular weight is 426 g/mol. The number of halogens is 2. The smallest absolute Gasteiger partial charge is 0.150 e. The number of benzene rings is 2. The highest BCUT2D eigenvalue weighted by molar-refractivity contribution is 6.36. The summed E-state index contributed by atoms with van der Waals surface area (Å²) in [5, 5.41) is 17.5. The number of carbonyl (C=O) groups is 1. The number of rotatable bonds is 4. The van der Waals surface area contributed by atoms with Gasteiger partial charge in [0.2, 0.25) is 0 Å². The molecule has 0 spiro atoms. The highest BCUT2D eigenvalue weighted by atomic mass is 35.5. The predicted molar refractivity (Wildman–Crippen MR) is 115 cm³/mol. The Labute approximate surface area is 178 Å². The number of aryl methyl sites for hydroxylation is 1. The number of nitrogens with zero attached hydrogens (tertiary/aromatic N) is 3. The Morgan fingerprint density at radius 1 is 1.14 bits per heavy atom. The van der Waals surface area contributed by atoms with Crippen molar-refractivity contribution in [2.24, 2.45) is 5.10 Å². The van der Waals surface area contributed by atoms with E-state index in [1.54, 1.807) is 47.6 Å². The Balaban J connectivity index is 1.84. The number of aldehydes is 1. The van der Waals surface area contributed by atoms with Gasteiger partial charge in [-0.3, -0.25) is 4.79 Å². The minimum atomic E-state index is -0.283. The molecule has 1 atom stereocenters. The van der Waals surface area contributed by atoms with Crippen molar-refractivity contribution in [3.63, 3.8) is 0 Å². The second-order valence-corrected chi connectivity index (χ2v) is 7.63. The van der Waals surface area contributed by atoms with Gasteiger partial charge < -0.3 is 5.11 Å². The van der Waals surface area contributed by atoms with Crippen molar-refractivity contribution in [2.75, 3.05) is 5.01 Å². The van der Waals surface area contributed by atoms with Crippen LogP contribution in [0, 0.1) is 6.92 Å². The molecule has 7 heteroatoms.